The summed E-state index contributed by atoms with van der Waals surface area (Å²) in [6.45, 7) is 15.8. The third-order valence-electron chi connectivity index (χ3n) is 12.3. The summed E-state index contributed by atoms with van der Waals surface area (Å²) in [5.74, 6) is 2.84. The first kappa shape index (κ1) is 44.8. The van der Waals surface area contributed by atoms with Crippen molar-refractivity contribution in [2.24, 2.45) is 0 Å². The molecule has 10 heteroatoms. The van der Waals surface area contributed by atoms with Gasteiger partial charge in [0.25, 0.3) is 0 Å². The van der Waals surface area contributed by atoms with Crippen LogP contribution in [-0.2, 0) is 9.13 Å². The van der Waals surface area contributed by atoms with E-state index in [0.29, 0.717) is 77.5 Å². The molecule has 0 radical (unpaired) electrons. The highest BCUT2D eigenvalue weighted by atomic mass is 31.2. The number of aryl methyl sites for hydroxylation is 8. The quantitative estimate of drug-likeness (QED) is 0.119. The van der Waals surface area contributed by atoms with Crippen LogP contribution >= 0.6 is 14.3 Å². The number of rotatable bonds is 11. The van der Waals surface area contributed by atoms with E-state index in [0.717, 1.165) is 44.5 Å². The highest BCUT2D eigenvalue weighted by Gasteiger charge is 2.44. The van der Waals surface area contributed by atoms with Gasteiger partial charge in [-0.3, -0.25) is 0 Å². The summed E-state index contributed by atoms with van der Waals surface area (Å²) >= 11 is 0. The van der Waals surface area contributed by atoms with Gasteiger partial charge in [0, 0.05) is 37.6 Å². The number of benzene rings is 8. The van der Waals surface area contributed by atoms with Crippen LogP contribution in [0, 0.1) is 55.4 Å². The monoisotopic (exact) mass is 938 g/mol. The minimum Gasteiger partial charge on any atom is -0.453 e. The Morgan fingerprint density at radius 2 is 0.750 bits per heavy atom. The van der Waals surface area contributed by atoms with Crippen molar-refractivity contribution in [2.45, 2.75) is 55.4 Å². The highest BCUT2D eigenvalue weighted by molar-refractivity contribution is 7.86. The van der Waals surface area contributed by atoms with E-state index in [1.165, 1.54) is 0 Å². The SMILES string of the molecule is Cc1cc(C)cc(P(=O)(c2cc(C)cc(C)c2)c2cc(-c3c(P(=O)(c4cc(C)cc(C)c4)c4cc(C)cc(C)c4)cc(Oc4ccccc4)c4c3OCO4)c3c(c2Oc2ccccc2)OCO3)c1. The summed E-state index contributed by atoms with van der Waals surface area (Å²) in [6.07, 6.45) is 0. The molecule has 0 bridgehead atoms. The molecule has 8 aromatic rings. The van der Waals surface area contributed by atoms with E-state index in [2.05, 4.69) is 24.3 Å². The van der Waals surface area contributed by atoms with Gasteiger partial charge in [0.05, 0.1) is 5.30 Å². The molecule has 0 saturated carbocycles. The molecule has 2 aliphatic heterocycles. The van der Waals surface area contributed by atoms with Gasteiger partial charge in [-0.05, 0) is 140 Å². The zero-order valence-corrected chi connectivity index (χ0v) is 41.2. The van der Waals surface area contributed by atoms with Crippen molar-refractivity contribution >= 4 is 46.1 Å². The second kappa shape index (κ2) is 17.6. The molecule has 10 rings (SSSR count). The predicted molar refractivity (Wildman–Crippen MR) is 274 cm³/mol. The van der Waals surface area contributed by atoms with Crippen LogP contribution < -0.4 is 60.2 Å². The lowest BCUT2D eigenvalue weighted by molar-refractivity contribution is 0.171. The Hall–Kier alpha value is -6.98. The van der Waals surface area contributed by atoms with E-state index in [1.807, 2.05) is 177 Å². The van der Waals surface area contributed by atoms with Crippen LogP contribution in [0.15, 0.2) is 146 Å². The normalized spacial score (nSPS) is 12.9. The minimum atomic E-state index is -3.95. The molecule has 8 nitrogen and oxygen atoms in total. The Morgan fingerprint density at radius 1 is 0.382 bits per heavy atom. The molecule has 0 spiro atoms. The van der Waals surface area contributed by atoms with E-state index in [4.69, 9.17) is 28.4 Å². The summed E-state index contributed by atoms with van der Waals surface area (Å²) in [7, 11) is -7.89. The standard InChI is InChI=1S/C58H52O8P2/c1-35-19-36(2)24-45(23-35)67(59,46-25-37(3)20-38(4)26-46)51-32-50(65-43-15-11-9-12-16-43)55-57(63-34-62-55)53(51)49-31-52(56(58-54(49)61-33-64-58)66-44-17-13-10-14-18-44)68(60,47-27-39(5)21-40(6)28-47)48-29-41(7)22-42(8)30-48/h9-32H,33-34H2,1-8H3. The van der Waals surface area contributed by atoms with Gasteiger partial charge >= 0.3 is 0 Å². The van der Waals surface area contributed by atoms with E-state index in [9.17, 15) is 0 Å². The largest absolute Gasteiger partial charge is 0.453 e. The zero-order chi connectivity index (χ0) is 47.5. The van der Waals surface area contributed by atoms with Crippen molar-refractivity contribution in [1.82, 2.24) is 0 Å². The van der Waals surface area contributed by atoms with Crippen LogP contribution in [0.4, 0.5) is 0 Å². The number of hydrogen-bond donors (Lipinski definition) is 0. The number of fused-ring (bicyclic) bond motifs is 2. The maximum atomic E-state index is 17.4. The van der Waals surface area contributed by atoms with Crippen LogP contribution in [0.3, 0.4) is 0 Å². The van der Waals surface area contributed by atoms with E-state index in [-0.39, 0.29) is 25.1 Å². The zero-order valence-electron chi connectivity index (χ0n) is 39.4. The Labute approximate surface area is 398 Å². The molecular formula is C58H52O8P2. The maximum Gasteiger partial charge on any atom is 0.231 e. The van der Waals surface area contributed by atoms with Gasteiger partial charge in [0.2, 0.25) is 25.1 Å². The van der Waals surface area contributed by atoms with Crippen LogP contribution in [0.1, 0.15) is 44.5 Å². The highest BCUT2D eigenvalue weighted by Crippen LogP contribution is 2.60. The summed E-state index contributed by atoms with van der Waals surface area (Å²) < 4.78 is 74.3. The smallest absolute Gasteiger partial charge is 0.231 e. The number of ether oxygens (including phenoxy) is 6. The number of hydrogen-bond acceptors (Lipinski definition) is 8. The Morgan fingerprint density at radius 3 is 1.19 bits per heavy atom. The fourth-order valence-corrected chi connectivity index (χ4v) is 16.1. The van der Waals surface area contributed by atoms with Gasteiger partial charge in [0.1, 0.15) is 11.5 Å². The third kappa shape index (κ3) is 8.06. The van der Waals surface area contributed by atoms with Gasteiger partial charge < -0.3 is 37.6 Å². The Balaban J connectivity index is 1.39. The lowest BCUT2D eigenvalue weighted by atomic mass is 10.0. The van der Waals surface area contributed by atoms with E-state index < -0.39 is 14.3 Å². The van der Waals surface area contributed by atoms with Gasteiger partial charge in [-0.15, -0.1) is 0 Å². The van der Waals surface area contributed by atoms with Crippen LogP contribution in [-0.4, -0.2) is 13.6 Å². The van der Waals surface area contributed by atoms with Crippen molar-refractivity contribution in [3.8, 4) is 57.1 Å². The third-order valence-corrected chi connectivity index (χ3v) is 18.3. The van der Waals surface area contributed by atoms with Gasteiger partial charge in [-0.2, -0.15) is 0 Å². The summed E-state index contributed by atoms with van der Waals surface area (Å²) in [6, 6.07) is 46.8. The van der Waals surface area contributed by atoms with Gasteiger partial charge in [-0.25, -0.2) is 0 Å². The second-order valence-corrected chi connectivity index (χ2v) is 23.6. The first-order valence-corrected chi connectivity index (χ1v) is 26.1. The summed E-state index contributed by atoms with van der Waals surface area (Å²) in [5, 5.41) is 3.27. The summed E-state index contributed by atoms with van der Waals surface area (Å²) in [5.41, 5.74) is 8.53. The van der Waals surface area contributed by atoms with E-state index in [1.54, 1.807) is 0 Å². The van der Waals surface area contributed by atoms with Crippen LogP contribution in [0.5, 0.6) is 46.0 Å². The van der Waals surface area contributed by atoms with E-state index >= 15 is 9.13 Å². The molecule has 0 N–H and O–H groups in total. The van der Waals surface area contributed by atoms with Crippen molar-refractivity contribution in [2.75, 3.05) is 13.6 Å². The van der Waals surface area contributed by atoms with Crippen molar-refractivity contribution in [3.05, 3.63) is 190 Å². The fraction of sp³-hybridized carbons (Fsp3) is 0.172. The molecule has 0 aliphatic carbocycles. The molecule has 0 unspecified atom stereocenters. The average Bonchev–Trinajstić information content (AvgIpc) is 4.00. The van der Waals surface area contributed by atoms with Gasteiger partial charge in [-0.1, -0.05) is 105 Å². The molecule has 0 amide bonds. The fourth-order valence-electron chi connectivity index (χ4n) is 9.77. The van der Waals surface area contributed by atoms with Crippen molar-refractivity contribution < 1.29 is 37.6 Å². The molecule has 342 valence electrons. The van der Waals surface area contributed by atoms with Crippen LogP contribution in [0.25, 0.3) is 11.1 Å². The topological polar surface area (TPSA) is 89.5 Å². The van der Waals surface area contributed by atoms with Crippen molar-refractivity contribution in [3.63, 3.8) is 0 Å². The van der Waals surface area contributed by atoms with Crippen LogP contribution in [0.2, 0.25) is 0 Å². The molecule has 8 aromatic carbocycles. The molecule has 0 aromatic heterocycles. The molecule has 68 heavy (non-hydrogen) atoms. The molecule has 0 fully saturated rings. The first-order valence-electron chi connectivity index (χ1n) is 22.6. The molecule has 2 aliphatic rings. The summed E-state index contributed by atoms with van der Waals surface area (Å²) in [4.78, 5) is 0. The Kier molecular flexibility index (Phi) is 11.6. The maximum absolute atomic E-state index is 17.4. The molecular weight excluding hydrogens is 887 g/mol. The average molecular weight is 939 g/mol. The predicted octanol–water partition coefficient (Wildman–Crippen LogP) is 12.1. The van der Waals surface area contributed by atoms with Gasteiger partial charge in [0.15, 0.2) is 37.3 Å². The lowest BCUT2D eigenvalue weighted by Crippen LogP contribution is -2.29. The first-order chi connectivity index (χ1) is 32.7. The Bertz CT molecular complexity index is 3210. The molecule has 2 heterocycles. The lowest BCUT2D eigenvalue weighted by Gasteiger charge is -2.28. The minimum absolute atomic E-state index is 0.139. The molecule has 0 saturated heterocycles. The molecule has 0 atom stereocenters. The van der Waals surface area contributed by atoms with Crippen molar-refractivity contribution in [1.29, 1.82) is 0 Å². The number of para-hydroxylation sites is 2. The second-order valence-electron chi connectivity index (χ2n) is 18.1.